The largest absolute Gasteiger partial charge is 0.439 e. The number of ether oxygens (including phenoxy) is 1. The molecule has 0 fully saturated rings. The van der Waals surface area contributed by atoms with Gasteiger partial charge in [0.1, 0.15) is 12.1 Å². The molecule has 3 rings (SSSR count). The molecule has 5 heteroatoms. The zero-order valence-corrected chi connectivity index (χ0v) is 11.9. The van der Waals surface area contributed by atoms with Gasteiger partial charge in [-0.25, -0.2) is 9.97 Å². The molecule has 1 heterocycles. The fourth-order valence-electron chi connectivity index (χ4n) is 2.44. The van der Waals surface area contributed by atoms with E-state index in [0.29, 0.717) is 22.3 Å². The summed E-state index contributed by atoms with van der Waals surface area (Å²) in [7, 11) is 0. The van der Waals surface area contributed by atoms with Gasteiger partial charge in [-0.3, -0.25) is 0 Å². The van der Waals surface area contributed by atoms with E-state index >= 15 is 0 Å². The standard InChI is InChI=1S/C15H16ClN3O/c16-12-8-10(6-7-13(12)17)20-15-11-4-2-1-3-5-14(11)18-9-19-15/h6-9H,1-5,17H2. The third-order valence-electron chi connectivity index (χ3n) is 3.52. The molecule has 0 radical (unpaired) electrons. The van der Waals surface area contributed by atoms with Gasteiger partial charge < -0.3 is 10.5 Å². The van der Waals surface area contributed by atoms with Crippen LogP contribution in [0.25, 0.3) is 0 Å². The highest BCUT2D eigenvalue weighted by Gasteiger charge is 2.16. The Kier molecular flexibility index (Phi) is 3.74. The van der Waals surface area contributed by atoms with Crippen LogP contribution in [0, 0.1) is 0 Å². The van der Waals surface area contributed by atoms with Gasteiger partial charge >= 0.3 is 0 Å². The van der Waals surface area contributed by atoms with Crippen LogP contribution in [0.5, 0.6) is 11.6 Å². The second kappa shape index (κ2) is 5.67. The first-order valence-corrected chi connectivity index (χ1v) is 7.17. The van der Waals surface area contributed by atoms with E-state index in [4.69, 9.17) is 22.1 Å². The van der Waals surface area contributed by atoms with Gasteiger partial charge in [0.15, 0.2) is 0 Å². The zero-order chi connectivity index (χ0) is 13.9. The average molecular weight is 290 g/mol. The lowest BCUT2D eigenvalue weighted by Crippen LogP contribution is -2.01. The molecule has 0 atom stereocenters. The molecule has 1 aliphatic rings. The number of rotatable bonds is 2. The smallest absolute Gasteiger partial charge is 0.225 e. The second-order valence-corrected chi connectivity index (χ2v) is 5.36. The molecule has 0 amide bonds. The van der Waals surface area contributed by atoms with Crippen molar-refractivity contribution in [1.82, 2.24) is 9.97 Å². The van der Waals surface area contributed by atoms with Crippen molar-refractivity contribution in [1.29, 1.82) is 0 Å². The number of fused-ring (bicyclic) bond motifs is 1. The summed E-state index contributed by atoms with van der Waals surface area (Å²) < 4.78 is 5.88. The summed E-state index contributed by atoms with van der Waals surface area (Å²) >= 11 is 6.01. The first-order valence-electron chi connectivity index (χ1n) is 6.79. The third kappa shape index (κ3) is 2.70. The number of nitrogens with zero attached hydrogens (tertiary/aromatic N) is 2. The lowest BCUT2D eigenvalue weighted by Gasteiger charge is -2.11. The fourth-order valence-corrected chi connectivity index (χ4v) is 2.61. The first-order chi connectivity index (χ1) is 9.74. The first kappa shape index (κ1) is 13.2. The van der Waals surface area contributed by atoms with Crippen molar-refractivity contribution in [2.24, 2.45) is 0 Å². The number of hydrogen-bond donors (Lipinski definition) is 1. The van der Waals surface area contributed by atoms with Crippen LogP contribution >= 0.6 is 11.6 Å². The molecule has 0 unspecified atom stereocenters. The van der Waals surface area contributed by atoms with Crippen molar-refractivity contribution >= 4 is 17.3 Å². The van der Waals surface area contributed by atoms with Gasteiger partial charge in [0, 0.05) is 11.6 Å². The SMILES string of the molecule is Nc1ccc(Oc2ncnc3c2CCCCC3)cc1Cl. The highest BCUT2D eigenvalue weighted by Crippen LogP contribution is 2.31. The van der Waals surface area contributed by atoms with Crippen LogP contribution in [-0.2, 0) is 12.8 Å². The predicted octanol–water partition coefficient (Wildman–Crippen LogP) is 3.77. The van der Waals surface area contributed by atoms with Gasteiger partial charge in [-0.2, -0.15) is 0 Å². The van der Waals surface area contributed by atoms with Gasteiger partial charge in [0.2, 0.25) is 5.88 Å². The molecule has 0 saturated carbocycles. The molecule has 0 bridgehead atoms. The molecule has 2 aromatic rings. The molecule has 4 nitrogen and oxygen atoms in total. The Morgan fingerprint density at radius 3 is 2.80 bits per heavy atom. The Morgan fingerprint density at radius 2 is 1.95 bits per heavy atom. The van der Waals surface area contributed by atoms with Crippen molar-refractivity contribution in [3.05, 3.63) is 40.8 Å². The molecule has 0 saturated heterocycles. The maximum absolute atomic E-state index is 6.01. The molecular weight excluding hydrogens is 274 g/mol. The molecule has 20 heavy (non-hydrogen) atoms. The monoisotopic (exact) mass is 289 g/mol. The number of nitrogen functional groups attached to an aromatic ring is 1. The van der Waals surface area contributed by atoms with Gasteiger partial charge in [0.25, 0.3) is 0 Å². The summed E-state index contributed by atoms with van der Waals surface area (Å²) in [6, 6.07) is 5.24. The van der Waals surface area contributed by atoms with Crippen molar-refractivity contribution < 1.29 is 4.74 Å². The van der Waals surface area contributed by atoms with E-state index in [1.807, 2.05) is 0 Å². The third-order valence-corrected chi connectivity index (χ3v) is 3.85. The fraction of sp³-hybridized carbons (Fsp3) is 0.333. The summed E-state index contributed by atoms with van der Waals surface area (Å²) in [6.07, 6.45) is 7.09. The Bertz CT molecular complexity index is 631. The minimum Gasteiger partial charge on any atom is -0.439 e. The van der Waals surface area contributed by atoms with Crippen LogP contribution in [0.15, 0.2) is 24.5 Å². The minimum absolute atomic E-state index is 0.489. The van der Waals surface area contributed by atoms with E-state index in [1.165, 1.54) is 12.8 Å². The maximum Gasteiger partial charge on any atom is 0.225 e. The molecular formula is C15H16ClN3O. The van der Waals surface area contributed by atoms with Gasteiger partial charge in [-0.05, 0) is 37.8 Å². The van der Waals surface area contributed by atoms with Crippen LogP contribution in [0.4, 0.5) is 5.69 Å². The summed E-state index contributed by atoms with van der Waals surface area (Å²) in [4.78, 5) is 8.65. The van der Waals surface area contributed by atoms with Crippen LogP contribution in [-0.4, -0.2) is 9.97 Å². The summed E-state index contributed by atoms with van der Waals surface area (Å²) in [5.41, 5.74) is 8.47. The summed E-state index contributed by atoms with van der Waals surface area (Å²) in [5.74, 6) is 1.28. The predicted molar refractivity (Wildman–Crippen MR) is 79.2 cm³/mol. The van der Waals surface area contributed by atoms with E-state index in [1.54, 1.807) is 24.5 Å². The lowest BCUT2D eigenvalue weighted by atomic mass is 10.1. The van der Waals surface area contributed by atoms with E-state index < -0.39 is 0 Å². The topological polar surface area (TPSA) is 61.0 Å². The van der Waals surface area contributed by atoms with Crippen molar-refractivity contribution in [2.45, 2.75) is 32.1 Å². The van der Waals surface area contributed by atoms with Gasteiger partial charge in [-0.15, -0.1) is 0 Å². The Labute approximate surface area is 123 Å². The van der Waals surface area contributed by atoms with E-state index in [2.05, 4.69) is 9.97 Å². The lowest BCUT2D eigenvalue weighted by molar-refractivity contribution is 0.453. The minimum atomic E-state index is 0.489. The molecule has 0 aliphatic heterocycles. The molecule has 2 N–H and O–H groups in total. The number of nitrogens with two attached hydrogens (primary N) is 1. The van der Waals surface area contributed by atoms with Crippen LogP contribution in [0.1, 0.15) is 30.5 Å². The highest BCUT2D eigenvalue weighted by atomic mass is 35.5. The number of aromatic nitrogens is 2. The van der Waals surface area contributed by atoms with Gasteiger partial charge in [0.05, 0.1) is 16.4 Å². The molecule has 104 valence electrons. The van der Waals surface area contributed by atoms with E-state index in [9.17, 15) is 0 Å². The Balaban J connectivity index is 1.92. The van der Waals surface area contributed by atoms with Crippen LogP contribution in [0.3, 0.4) is 0 Å². The number of aryl methyl sites for hydroxylation is 1. The Morgan fingerprint density at radius 1 is 1.10 bits per heavy atom. The normalized spacial score (nSPS) is 14.4. The number of anilines is 1. The van der Waals surface area contributed by atoms with Crippen LogP contribution < -0.4 is 10.5 Å². The van der Waals surface area contributed by atoms with Crippen molar-refractivity contribution in [3.8, 4) is 11.6 Å². The maximum atomic E-state index is 6.01. The highest BCUT2D eigenvalue weighted by molar-refractivity contribution is 6.33. The second-order valence-electron chi connectivity index (χ2n) is 4.95. The summed E-state index contributed by atoms with van der Waals surface area (Å²) in [6.45, 7) is 0. The molecule has 0 spiro atoms. The van der Waals surface area contributed by atoms with E-state index in [0.717, 1.165) is 30.5 Å². The number of hydrogen-bond acceptors (Lipinski definition) is 4. The molecule has 1 aromatic carbocycles. The number of benzene rings is 1. The Hall–Kier alpha value is -1.81. The number of halogens is 1. The van der Waals surface area contributed by atoms with Crippen molar-refractivity contribution in [3.63, 3.8) is 0 Å². The summed E-state index contributed by atoms with van der Waals surface area (Å²) in [5, 5.41) is 0.489. The van der Waals surface area contributed by atoms with Crippen LogP contribution in [0.2, 0.25) is 5.02 Å². The zero-order valence-electron chi connectivity index (χ0n) is 11.1. The average Bonchev–Trinajstić information content (AvgIpc) is 2.69. The molecule has 1 aliphatic carbocycles. The van der Waals surface area contributed by atoms with E-state index in [-0.39, 0.29) is 0 Å². The molecule has 1 aromatic heterocycles. The van der Waals surface area contributed by atoms with Gasteiger partial charge in [-0.1, -0.05) is 18.0 Å². The van der Waals surface area contributed by atoms with Crippen molar-refractivity contribution in [2.75, 3.05) is 5.73 Å². The quantitative estimate of drug-likeness (QED) is 0.675.